The number of hydrogen-bond donors (Lipinski definition) is 0. The largest absolute Gasteiger partial charge is 0.496 e. The number of hydrogen-bond acceptors (Lipinski definition) is 2. The van der Waals surface area contributed by atoms with Gasteiger partial charge in [0.2, 0.25) is 0 Å². The van der Waals surface area contributed by atoms with Crippen LogP contribution in [-0.2, 0) is 6.42 Å². The average molecular weight is 253 g/mol. The van der Waals surface area contributed by atoms with E-state index in [0.717, 1.165) is 17.7 Å². The molecule has 0 fully saturated rings. The lowest BCUT2D eigenvalue weighted by Crippen LogP contribution is -1.97. The summed E-state index contributed by atoms with van der Waals surface area (Å²) in [5, 5.41) is 4.16. The van der Waals surface area contributed by atoms with Crippen LogP contribution in [-0.4, -0.2) is 7.11 Å². The highest BCUT2D eigenvalue weighted by atomic mass is 35.5. The molecule has 16 heavy (non-hydrogen) atoms. The van der Waals surface area contributed by atoms with Crippen molar-refractivity contribution in [1.29, 1.82) is 0 Å². The zero-order valence-electron chi connectivity index (χ0n) is 9.02. The van der Waals surface area contributed by atoms with Crippen molar-refractivity contribution in [2.45, 2.75) is 11.8 Å². The van der Waals surface area contributed by atoms with Gasteiger partial charge < -0.3 is 4.74 Å². The van der Waals surface area contributed by atoms with Gasteiger partial charge in [-0.2, -0.15) is 11.3 Å². The van der Waals surface area contributed by atoms with Gasteiger partial charge in [0.15, 0.2) is 0 Å². The van der Waals surface area contributed by atoms with Crippen molar-refractivity contribution in [3.8, 4) is 5.75 Å². The summed E-state index contributed by atoms with van der Waals surface area (Å²) in [4.78, 5) is 0. The Morgan fingerprint density at radius 3 is 2.81 bits per heavy atom. The van der Waals surface area contributed by atoms with Crippen LogP contribution in [0.4, 0.5) is 0 Å². The molecule has 2 rings (SSSR count). The van der Waals surface area contributed by atoms with Crippen LogP contribution in [0.3, 0.4) is 0 Å². The second-order valence-corrected chi connectivity index (χ2v) is 4.85. The number of halogens is 1. The van der Waals surface area contributed by atoms with Gasteiger partial charge in [-0.05, 0) is 40.4 Å². The molecule has 0 aliphatic heterocycles. The van der Waals surface area contributed by atoms with E-state index in [-0.39, 0.29) is 5.38 Å². The number of alkyl halides is 1. The van der Waals surface area contributed by atoms with Gasteiger partial charge in [-0.15, -0.1) is 11.6 Å². The molecule has 0 N–H and O–H groups in total. The Labute approximate surface area is 105 Å². The van der Waals surface area contributed by atoms with E-state index in [2.05, 4.69) is 17.5 Å². The number of para-hydroxylation sites is 1. The quantitative estimate of drug-likeness (QED) is 0.738. The van der Waals surface area contributed by atoms with E-state index in [0.29, 0.717) is 0 Å². The lowest BCUT2D eigenvalue weighted by atomic mass is 10.1. The van der Waals surface area contributed by atoms with Crippen LogP contribution in [0.25, 0.3) is 0 Å². The Morgan fingerprint density at radius 1 is 1.31 bits per heavy atom. The van der Waals surface area contributed by atoms with Crippen molar-refractivity contribution in [1.82, 2.24) is 0 Å². The summed E-state index contributed by atoms with van der Waals surface area (Å²) in [5.74, 6) is 0.906. The third-order valence-corrected chi connectivity index (χ3v) is 3.60. The lowest BCUT2D eigenvalue weighted by Gasteiger charge is -2.11. The molecule has 2 aromatic rings. The Morgan fingerprint density at radius 2 is 2.12 bits per heavy atom. The molecular weight excluding hydrogens is 240 g/mol. The Hall–Kier alpha value is -0.990. The number of rotatable bonds is 4. The fourth-order valence-electron chi connectivity index (χ4n) is 1.64. The second kappa shape index (κ2) is 5.37. The second-order valence-electron chi connectivity index (χ2n) is 3.54. The van der Waals surface area contributed by atoms with Gasteiger partial charge in [0.05, 0.1) is 12.5 Å². The van der Waals surface area contributed by atoms with E-state index in [1.54, 1.807) is 18.4 Å². The van der Waals surface area contributed by atoms with E-state index < -0.39 is 0 Å². The minimum Gasteiger partial charge on any atom is -0.496 e. The normalized spacial score (nSPS) is 12.4. The van der Waals surface area contributed by atoms with Crippen LogP contribution in [0.15, 0.2) is 41.1 Å². The molecule has 1 aromatic carbocycles. The van der Waals surface area contributed by atoms with Crippen molar-refractivity contribution in [2.75, 3.05) is 7.11 Å². The van der Waals surface area contributed by atoms with Crippen molar-refractivity contribution in [3.63, 3.8) is 0 Å². The van der Waals surface area contributed by atoms with Crippen molar-refractivity contribution < 1.29 is 4.74 Å². The average Bonchev–Trinajstić information content (AvgIpc) is 2.83. The summed E-state index contributed by atoms with van der Waals surface area (Å²) in [6.07, 6.45) is 0.794. The zero-order chi connectivity index (χ0) is 11.4. The van der Waals surface area contributed by atoms with E-state index in [9.17, 15) is 0 Å². The van der Waals surface area contributed by atoms with Gasteiger partial charge in [0, 0.05) is 0 Å². The Kier molecular flexibility index (Phi) is 3.86. The summed E-state index contributed by atoms with van der Waals surface area (Å²) in [6.45, 7) is 0. The molecule has 1 aromatic heterocycles. The smallest absolute Gasteiger partial charge is 0.122 e. The van der Waals surface area contributed by atoms with E-state index in [1.807, 2.05) is 23.6 Å². The van der Waals surface area contributed by atoms with Crippen LogP contribution >= 0.6 is 22.9 Å². The molecule has 0 amide bonds. The van der Waals surface area contributed by atoms with E-state index >= 15 is 0 Å². The predicted molar refractivity (Wildman–Crippen MR) is 69.6 cm³/mol. The molecule has 0 aliphatic rings. The highest BCUT2D eigenvalue weighted by Gasteiger charge is 2.11. The molecule has 84 valence electrons. The fourth-order valence-corrected chi connectivity index (χ4v) is 2.73. The first-order chi connectivity index (χ1) is 7.81. The standard InChI is InChI=1S/C13H13ClOS/c1-15-13-5-3-2-4-10(13)8-12(14)11-6-7-16-9-11/h2-7,9,12H,8H2,1H3. The van der Waals surface area contributed by atoms with Crippen LogP contribution < -0.4 is 4.74 Å². The Balaban J connectivity index is 2.14. The van der Waals surface area contributed by atoms with Crippen molar-refractivity contribution in [3.05, 3.63) is 52.2 Å². The summed E-state index contributed by atoms with van der Waals surface area (Å²) >= 11 is 8.03. The fraction of sp³-hybridized carbons (Fsp3) is 0.231. The number of ether oxygens (including phenoxy) is 1. The maximum atomic E-state index is 6.36. The van der Waals surface area contributed by atoms with Crippen LogP contribution in [0.5, 0.6) is 5.75 Å². The number of benzene rings is 1. The highest BCUT2D eigenvalue weighted by Crippen LogP contribution is 2.30. The van der Waals surface area contributed by atoms with Crippen LogP contribution in [0, 0.1) is 0 Å². The SMILES string of the molecule is COc1ccccc1CC(Cl)c1ccsc1. The maximum absolute atomic E-state index is 6.36. The van der Waals surface area contributed by atoms with Gasteiger partial charge in [-0.3, -0.25) is 0 Å². The summed E-state index contributed by atoms with van der Waals surface area (Å²) in [5.41, 5.74) is 2.33. The topological polar surface area (TPSA) is 9.23 Å². The molecule has 3 heteroatoms. The molecule has 0 saturated heterocycles. The number of methoxy groups -OCH3 is 1. The molecule has 1 nitrogen and oxygen atoms in total. The summed E-state index contributed by atoms with van der Waals surface area (Å²) in [7, 11) is 1.69. The van der Waals surface area contributed by atoms with Crippen molar-refractivity contribution >= 4 is 22.9 Å². The molecule has 0 bridgehead atoms. The molecule has 1 atom stereocenters. The molecule has 1 unspecified atom stereocenters. The number of thiophene rings is 1. The lowest BCUT2D eigenvalue weighted by molar-refractivity contribution is 0.409. The molecule has 0 spiro atoms. The van der Waals surface area contributed by atoms with Crippen molar-refractivity contribution in [2.24, 2.45) is 0 Å². The van der Waals surface area contributed by atoms with Gasteiger partial charge >= 0.3 is 0 Å². The molecule has 0 radical (unpaired) electrons. The van der Waals surface area contributed by atoms with Crippen LogP contribution in [0.2, 0.25) is 0 Å². The van der Waals surface area contributed by atoms with Gasteiger partial charge in [-0.1, -0.05) is 18.2 Å². The maximum Gasteiger partial charge on any atom is 0.122 e. The summed E-state index contributed by atoms with van der Waals surface area (Å²) < 4.78 is 5.31. The van der Waals surface area contributed by atoms with Crippen LogP contribution in [0.1, 0.15) is 16.5 Å². The predicted octanol–water partition coefficient (Wildman–Crippen LogP) is 4.28. The van der Waals surface area contributed by atoms with E-state index in [4.69, 9.17) is 16.3 Å². The molecule has 0 saturated carbocycles. The van der Waals surface area contributed by atoms with Gasteiger partial charge in [0.1, 0.15) is 5.75 Å². The first-order valence-electron chi connectivity index (χ1n) is 5.09. The van der Waals surface area contributed by atoms with Gasteiger partial charge in [0.25, 0.3) is 0 Å². The highest BCUT2D eigenvalue weighted by molar-refractivity contribution is 7.08. The Bertz CT molecular complexity index is 439. The first-order valence-corrected chi connectivity index (χ1v) is 6.47. The minimum absolute atomic E-state index is 0.0162. The third-order valence-electron chi connectivity index (χ3n) is 2.50. The van der Waals surface area contributed by atoms with E-state index in [1.165, 1.54) is 5.56 Å². The third kappa shape index (κ3) is 2.57. The molecule has 0 aliphatic carbocycles. The van der Waals surface area contributed by atoms with Gasteiger partial charge in [-0.25, -0.2) is 0 Å². The summed E-state index contributed by atoms with van der Waals surface area (Å²) in [6, 6.07) is 10.1. The molecule has 1 heterocycles. The monoisotopic (exact) mass is 252 g/mol. The molecular formula is C13H13ClOS. The first kappa shape index (κ1) is 11.5. The zero-order valence-corrected chi connectivity index (χ0v) is 10.6. The minimum atomic E-state index is 0.0162.